The van der Waals surface area contributed by atoms with Gasteiger partial charge in [0.05, 0.1) is 37.3 Å². The van der Waals surface area contributed by atoms with Gasteiger partial charge in [0.2, 0.25) is 11.8 Å². The molecule has 0 amide bonds. The highest BCUT2D eigenvalue weighted by Gasteiger charge is 2.29. The summed E-state index contributed by atoms with van der Waals surface area (Å²) in [5.41, 5.74) is 2.45. The zero-order chi connectivity index (χ0) is 29.1. The smallest absolute Gasteiger partial charge is 0.303 e. The van der Waals surface area contributed by atoms with E-state index in [1.165, 1.54) is 0 Å². The third-order valence-electron chi connectivity index (χ3n) is 8.06. The number of carboxylic acid groups (broad SMARTS) is 1. The molecule has 3 fully saturated rings. The van der Waals surface area contributed by atoms with Gasteiger partial charge in [-0.05, 0) is 55.1 Å². The molecule has 5 heterocycles. The molecule has 42 heavy (non-hydrogen) atoms. The molecule has 3 saturated heterocycles. The largest absolute Gasteiger partial charge is 0.481 e. The van der Waals surface area contributed by atoms with Gasteiger partial charge in [-0.1, -0.05) is 23.2 Å². The standard InChI is InChI=1S/C30H34Cl2N6O4/c31-23-11-22(12-24(32)13-23)27-8-21(17-36-3-1-2-20(16-36)10-29(39)40)9-28(35-27)42-26-14-33-30(34-15-26)38-6-4-37(5-7-38)25-18-41-19-25/h8-9,11-15,20,25H,1-7,10,16-19H2,(H,39,40). The Bertz CT molecular complexity index is 1380. The van der Waals surface area contributed by atoms with Crippen molar-refractivity contribution in [1.82, 2.24) is 24.8 Å². The summed E-state index contributed by atoms with van der Waals surface area (Å²) in [4.78, 5) is 32.2. The lowest BCUT2D eigenvalue weighted by Gasteiger charge is -2.42. The van der Waals surface area contributed by atoms with Crippen molar-refractivity contribution in [2.24, 2.45) is 5.92 Å². The van der Waals surface area contributed by atoms with Crippen LogP contribution in [0, 0.1) is 5.92 Å². The normalized spacial score (nSPS) is 20.3. The van der Waals surface area contributed by atoms with Gasteiger partial charge < -0.3 is 19.5 Å². The zero-order valence-electron chi connectivity index (χ0n) is 23.3. The van der Waals surface area contributed by atoms with E-state index in [1.54, 1.807) is 18.5 Å². The van der Waals surface area contributed by atoms with E-state index in [0.717, 1.165) is 76.5 Å². The number of halogens is 2. The fraction of sp³-hybridized carbons (Fsp3) is 0.467. The summed E-state index contributed by atoms with van der Waals surface area (Å²) in [5.74, 6) is 0.976. The van der Waals surface area contributed by atoms with E-state index in [9.17, 15) is 9.90 Å². The van der Waals surface area contributed by atoms with Crippen LogP contribution in [0.2, 0.25) is 10.0 Å². The number of rotatable bonds is 9. The highest BCUT2D eigenvalue weighted by molar-refractivity contribution is 6.35. The molecule has 0 bridgehead atoms. The second-order valence-corrected chi connectivity index (χ2v) is 12.1. The number of likely N-dealkylation sites (tertiary alicyclic amines) is 1. The van der Waals surface area contributed by atoms with E-state index in [2.05, 4.69) is 24.7 Å². The van der Waals surface area contributed by atoms with Crippen LogP contribution in [0.4, 0.5) is 5.95 Å². The van der Waals surface area contributed by atoms with Crippen LogP contribution in [0.25, 0.3) is 11.3 Å². The molecule has 12 heteroatoms. The number of hydrogen-bond acceptors (Lipinski definition) is 9. The Balaban J connectivity index is 1.18. The molecule has 1 atom stereocenters. The van der Waals surface area contributed by atoms with Crippen LogP contribution in [0.3, 0.4) is 0 Å². The van der Waals surface area contributed by atoms with Gasteiger partial charge in [-0.2, -0.15) is 0 Å². The van der Waals surface area contributed by atoms with E-state index in [0.29, 0.717) is 45.9 Å². The lowest BCUT2D eigenvalue weighted by Crippen LogP contribution is -2.56. The van der Waals surface area contributed by atoms with Crippen molar-refractivity contribution in [3.8, 4) is 22.9 Å². The maximum atomic E-state index is 11.3. The number of benzene rings is 1. The molecule has 1 N–H and O–H groups in total. The van der Waals surface area contributed by atoms with E-state index < -0.39 is 5.97 Å². The van der Waals surface area contributed by atoms with Crippen molar-refractivity contribution >= 4 is 35.1 Å². The van der Waals surface area contributed by atoms with Gasteiger partial charge in [0.15, 0.2) is 5.75 Å². The molecule has 10 nitrogen and oxygen atoms in total. The second-order valence-electron chi connectivity index (χ2n) is 11.2. The Kier molecular flexibility index (Phi) is 9.06. The van der Waals surface area contributed by atoms with Crippen LogP contribution in [-0.4, -0.2) is 94.4 Å². The average Bonchev–Trinajstić information content (AvgIpc) is 2.92. The van der Waals surface area contributed by atoms with Gasteiger partial charge in [-0.3, -0.25) is 14.6 Å². The maximum Gasteiger partial charge on any atom is 0.303 e. The van der Waals surface area contributed by atoms with Gasteiger partial charge in [-0.25, -0.2) is 15.0 Å². The van der Waals surface area contributed by atoms with Crippen LogP contribution >= 0.6 is 23.2 Å². The molecule has 0 spiro atoms. The van der Waals surface area contributed by atoms with Crippen LogP contribution in [0.1, 0.15) is 24.8 Å². The number of pyridine rings is 1. The Morgan fingerprint density at radius 1 is 1.00 bits per heavy atom. The molecule has 3 aromatic rings. The number of nitrogens with zero attached hydrogens (tertiary/aromatic N) is 6. The number of piperazine rings is 1. The second kappa shape index (κ2) is 13.1. The van der Waals surface area contributed by atoms with E-state index in [4.69, 9.17) is 37.7 Å². The molecule has 0 saturated carbocycles. The molecule has 3 aliphatic heterocycles. The topological polar surface area (TPSA) is 104 Å². The van der Waals surface area contributed by atoms with Crippen LogP contribution < -0.4 is 9.64 Å². The van der Waals surface area contributed by atoms with Crippen LogP contribution in [0.5, 0.6) is 11.6 Å². The van der Waals surface area contributed by atoms with Crippen molar-refractivity contribution in [2.75, 3.05) is 57.4 Å². The van der Waals surface area contributed by atoms with Gasteiger partial charge in [0, 0.05) is 67.4 Å². The summed E-state index contributed by atoms with van der Waals surface area (Å²) in [7, 11) is 0. The summed E-state index contributed by atoms with van der Waals surface area (Å²) in [6.45, 7) is 7.62. The quantitative estimate of drug-likeness (QED) is 0.361. The highest BCUT2D eigenvalue weighted by Crippen LogP contribution is 2.31. The Labute approximate surface area is 255 Å². The molecule has 3 aliphatic rings. The number of aliphatic carboxylic acids is 1. The summed E-state index contributed by atoms with van der Waals surface area (Å²) < 4.78 is 11.5. The molecule has 2 aromatic heterocycles. The number of aromatic nitrogens is 3. The predicted molar refractivity (Wildman–Crippen MR) is 160 cm³/mol. The molecule has 1 aromatic carbocycles. The summed E-state index contributed by atoms with van der Waals surface area (Å²) in [6.07, 6.45) is 5.45. The summed E-state index contributed by atoms with van der Waals surface area (Å²) >= 11 is 12.6. The van der Waals surface area contributed by atoms with Crippen molar-refractivity contribution in [1.29, 1.82) is 0 Å². The minimum Gasteiger partial charge on any atom is -0.481 e. The molecule has 0 aliphatic carbocycles. The average molecular weight is 614 g/mol. The van der Waals surface area contributed by atoms with Crippen molar-refractivity contribution in [3.05, 3.63) is 58.3 Å². The molecular weight excluding hydrogens is 579 g/mol. The van der Waals surface area contributed by atoms with Crippen LogP contribution in [-0.2, 0) is 16.1 Å². The van der Waals surface area contributed by atoms with Gasteiger partial charge in [-0.15, -0.1) is 0 Å². The first-order valence-corrected chi connectivity index (χ1v) is 15.1. The third kappa shape index (κ3) is 7.30. The number of carboxylic acids is 1. The van der Waals surface area contributed by atoms with Crippen molar-refractivity contribution in [2.45, 2.75) is 31.8 Å². The van der Waals surface area contributed by atoms with E-state index >= 15 is 0 Å². The lowest BCUT2D eigenvalue weighted by molar-refractivity contribution is -0.138. The van der Waals surface area contributed by atoms with E-state index in [-0.39, 0.29) is 12.3 Å². The number of piperidine rings is 1. The first-order valence-electron chi connectivity index (χ1n) is 14.4. The van der Waals surface area contributed by atoms with Crippen molar-refractivity contribution < 1.29 is 19.4 Å². The molecule has 0 radical (unpaired) electrons. The summed E-state index contributed by atoms with van der Waals surface area (Å²) in [5, 5.41) is 10.3. The minimum atomic E-state index is -0.749. The predicted octanol–water partition coefficient (Wildman–Crippen LogP) is 4.85. The van der Waals surface area contributed by atoms with Gasteiger partial charge in [0.1, 0.15) is 0 Å². The number of anilines is 1. The fourth-order valence-electron chi connectivity index (χ4n) is 5.89. The number of ether oxygens (including phenoxy) is 2. The molecule has 6 rings (SSSR count). The fourth-order valence-corrected chi connectivity index (χ4v) is 6.41. The summed E-state index contributed by atoms with van der Waals surface area (Å²) in [6, 6.07) is 9.79. The van der Waals surface area contributed by atoms with Gasteiger partial charge >= 0.3 is 5.97 Å². The molecule has 222 valence electrons. The molecule has 1 unspecified atom stereocenters. The number of hydrogen-bond donors (Lipinski definition) is 1. The van der Waals surface area contributed by atoms with E-state index in [1.807, 2.05) is 24.3 Å². The first kappa shape index (κ1) is 29.1. The Morgan fingerprint density at radius 3 is 2.40 bits per heavy atom. The molecular formula is C30H34Cl2N6O4. The highest BCUT2D eigenvalue weighted by atomic mass is 35.5. The van der Waals surface area contributed by atoms with Gasteiger partial charge in [0.25, 0.3) is 0 Å². The monoisotopic (exact) mass is 612 g/mol. The van der Waals surface area contributed by atoms with Crippen LogP contribution in [0.15, 0.2) is 42.7 Å². The zero-order valence-corrected chi connectivity index (χ0v) is 24.8. The Hall–Kier alpha value is -3.02. The minimum absolute atomic E-state index is 0.144. The number of carbonyl (C=O) groups is 1. The third-order valence-corrected chi connectivity index (χ3v) is 8.50. The van der Waals surface area contributed by atoms with Crippen molar-refractivity contribution in [3.63, 3.8) is 0 Å². The maximum absolute atomic E-state index is 11.3. The lowest BCUT2D eigenvalue weighted by atomic mass is 9.94. The first-order chi connectivity index (χ1) is 20.4. The Morgan fingerprint density at radius 2 is 1.74 bits per heavy atom. The SMILES string of the molecule is O=C(O)CC1CCCN(Cc2cc(Oc3cnc(N4CCN(C5COC5)CC4)nc3)nc(-c3cc(Cl)cc(Cl)c3)c2)C1.